The molecule has 0 saturated heterocycles. The van der Waals surface area contributed by atoms with Crippen LogP contribution in [0, 0.1) is 20.9 Å². The third-order valence-corrected chi connectivity index (χ3v) is 4.03. The molecule has 1 saturated carbocycles. The van der Waals surface area contributed by atoms with Crippen LogP contribution in [0.25, 0.3) is 0 Å². The van der Waals surface area contributed by atoms with E-state index >= 15 is 0 Å². The molecule has 6 nitrogen and oxygen atoms in total. The standard InChI is InChI=1S/C17H23NO5/c1-16(2)9-14(10-17(3,4)11-16)23-15(19)22-13-7-5-12(6-8-13)18(20)21/h5-8,14H,9-11H2,1-4H3. The first-order valence-corrected chi connectivity index (χ1v) is 7.69. The molecule has 6 heteroatoms. The van der Waals surface area contributed by atoms with Crippen molar-refractivity contribution in [2.45, 2.75) is 53.1 Å². The van der Waals surface area contributed by atoms with Gasteiger partial charge in [-0.2, -0.15) is 0 Å². The third-order valence-electron chi connectivity index (χ3n) is 4.03. The van der Waals surface area contributed by atoms with E-state index in [1.54, 1.807) is 0 Å². The average Bonchev–Trinajstić information content (AvgIpc) is 2.34. The van der Waals surface area contributed by atoms with Crippen molar-refractivity contribution < 1.29 is 19.2 Å². The van der Waals surface area contributed by atoms with Crippen molar-refractivity contribution in [2.24, 2.45) is 10.8 Å². The lowest BCUT2D eigenvalue weighted by atomic mass is 9.64. The molecule has 0 aliphatic heterocycles. The zero-order chi connectivity index (χ0) is 17.3. The summed E-state index contributed by atoms with van der Waals surface area (Å²) in [5.41, 5.74) is 0.168. The molecule has 1 aromatic carbocycles. The second-order valence-corrected chi connectivity index (χ2v) is 7.76. The Morgan fingerprint density at radius 3 is 2.13 bits per heavy atom. The van der Waals surface area contributed by atoms with Crippen LogP contribution in [0.2, 0.25) is 0 Å². The number of hydrogen-bond donors (Lipinski definition) is 0. The quantitative estimate of drug-likeness (QED) is 0.348. The molecule has 0 bridgehead atoms. The molecule has 0 unspecified atom stereocenters. The molecule has 0 spiro atoms. The van der Waals surface area contributed by atoms with E-state index in [4.69, 9.17) is 9.47 Å². The largest absolute Gasteiger partial charge is 0.514 e. The summed E-state index contributed by atoms with van der Waals surface area (Å²) in [5, 5.41) is 10.6. The Morgan fingerprint density at radius 2 is 1.65 bits per heavy atom. The monoisotopic (exact) mass is 321 g/mol. The lowest BCUT2D eigenvalue weighted by Crippen LogP contribution is -2.39. The fourth-order valence-corrected chi connectivity index (χ4v) is 3.72. The van der Waals surface area contributed by atoms with Gasteiger partial charge in [0.15, 0.2) is 0 Å². The minimum absolute atomic E-state index is 0.0542. The number of benzene rings is 1. The van der Waals surface area contributed by atoms with Crippen molar-refractivity contribution in [3.05, 3.63) is 34.4 Å². The lowest BCUT2D eigenvalue weighted by molar-refractivity contribution is -0.384. The van der Waals surface area contributed by atoms with Crippen LogP contribution in [-0.4, -0.2) is 17.2 Å². The van der Waals surface area contributed by atoms with Crippen LogP contribution in [0.15, 0.2) is 24.3 Å². The van der Waals surface area contributed by atoms with Gasteiger partial charge in [-0.15, -0.1) is 0 Å². The van der Waals surface area contributed by atoms with E-state index in [9.17, 15) is 14.9 Å². The van der Waals surface area contributed by atoms with Crippen molar-refractivity contribution in [3.63, 3.8) is 0 Å². The number of carbonyl (C=O) groups is 1. The zero-order valence-electron chi connectivity index (χ0n) is 14.0. The van der Waals surface area contributed by atoms with E-state index in [1.165, 1.54) is 24.3 Å². The van der Waals surface area contributed by atoms with Crippen molar-refractivity contribution in [1.29, 1.82) is 0 Å². The van der Waals surface area contributed by atoms with Gasteiger partial charge in [0, 0.05) is 12.1 Å². The third kappa shape index (κ3) is 4.94. The molecule has 2 rings (SSSR count). The summed E-state index contributed by atoms with van der Waals surface area (Å²) in [6.45, 7) is 8.69. The SMILES string of the molecule is CC1(C)CC(OC(=O)Oc2ccc([N+](=O)[O-])cc2)CC(C)(C)C1. The normalized spacial score (nSPS) is 19.8. The van der Waals surface area contributed by atoms with Gasteiger partial charge >= 0.3 is 6.16 Å². The molecular weight excluding hydrogens is 298 g/mol. The number of nitrogens with zero attached hydrogens (tertiary/aromatic N) is 1. The minimum atomic E-state index is -0.766. The molecule has 0 amide bonds. The summed E-state index contributed by atoms with van der Waals surface area (Å²) in [6.07, 6.45) is 1.73. The van der Waals surface area contributed by atoms with Gasteiger partial charge in [0.2, 0.25) is 0 Å². The van der Waals surface area contributed by atoms with Crippen LogP contribution in [0.1, 0.15) is 47.0 Å². The number of hydrogen-bond acceptors (Lipinski definition) is 5. The van der Waals surface area contributed by atoms with E-state index < -0.39 is 11.1 Å². The van der Waals surface area contributed by atoms with Crippen LogP contribution in [-0.2, 0) is 4.74 Å². The second kappa shape index (κ2) is 6.18. The predicted molar refractivity (Wildman–Crippen MR) is 85.4 cm³/mol. The molecule has 1 aromatic rings. The molecule has 0 radical (unpaired) electrons. The number of carbonyl (C=O) groups excluding carboxylic acids is 1. The molecule has 126 valence electrons. The fourth-order valence-electron chi connectivity index (χ4n) is 3.72. The van der Waals surface area contributed by atoms with Crippen molar-refractivity contribution in [1.82, 2.24) is 0 Å². The van der Waals surface area contributed by atoms with Gasteiger partial charge in [0.1, 0.15) is 11.9 Å². The number of non-ortho nitro benzene ring substituents is 1. The van der Waals surface area contributed by atoms with Crippen molar-refractivity contribution in [2.75, 3.05) is 0 Å². The Balaban J connectivity index is 1.95. The van der Waals surface area contributed by atoms with Gasteiger partial charge in [0.25, 0.3) is 5.69 Å². The smallest absolute Gasteiger partial charge is 0.431 e. The second-order valence-electron chi connectivity index (χ2n) is 7.76. The van der Waals surface area contributed by atoms with Crippen LogP contribution in [0.3, 0.4) is 0 Å². The maximum atomic E-state index is 11.9. The van der Waals surface area contributed by atoms with Gasteiger partial charge in [-0.3, -0.25) is 10.1 Å². The molecule has 0 heterocycles. The highest BCUT2D eigenvalue weighted by molar-refractivity contribution is 5.64. The molecule has 0 aromatic heterocycles. The van der Waals surface area contributed by atoms with Gasteiger partial charge in [-0.1, -0.05) is 27.7 Å². The zero-order valence-corrected chi connectivity index (χ0v) is 14.0. The van der Waals surface area contributed by atoms with Crippen LogP contribution < -0.4 is 4.74 Å². The van der Waals surface area contributed by atoms with E-state index in [0.29, 0.717) is 0 Å². The highest BCUT2D eigenvalue weighted by Crippen LogP contribution is 2.46. The topological polar surface area (TPSA) is 78.7 Å². The summed E-state index contributed by atoms with van der Waals surface area (Å²) in [4.78, 5) is 22.0. The molecule has 0 N–H and O–H groups in total. The lowest BCUT2D eigenvalue weighted by Gasteiger charge is -2.44. The molecular formula is C17H23NO5. The summed E-state index contributed by atoms with van der Waals surface area (Å²) in [6, 6.07) is 5.34. The Morgan fingerprint density at radius 1 is 1.13 bits per heavy atom. The van der Waals surface area contributed by atoms with Gasteiger partial charge in [-0.25, -0.2) is 4.79 Å². The van der Waals surface area contributed by atoms with E-state index in [-0.39, 0.29) is 28.4 Å². The number of rotatable bonds is 3. The first kappa shape index (κ1) is 17.2. The molecule has 1 aliphatic carbocycles. The molecule has 0 atom stereocenters. The minimum Gasteiger partial charge on any atom is -0.431 e. The fraction of sp³-hybridized carbons (Fsp3) is 0.588. The van der Waals surface area contributed by atoms with Crippen LogP contribution in [0.5, 0.6) is 5.75 Å². The summed E-state index contributed by atoms with van der Waals surface area (Å²) in [7, 11) is 0. The van der Waals surface area contributed by atoms with E-state index in [2.05, 4.69) is 27.7 Å². The Labute approximate surface area is 135 Å². The van der Waals surface area contributed by atoms with Gasteiger partial charge in [0.05, 0.1) is 4.92 Å². The molecule has 1 aliphatic rings. The average molecular weight is 321 g/mol. The highest BCUT2D eigenvalue weighted by Gasteiger charge is 2.40. The number of ether oxygens (including phenoxy) is 2. The summed E-state index contributed by atoms with van der Waals surface area (Å²) in [5.74, 6) is 0.231. The summed E-state index contributed by atoms with van der Waals surface area (Å²) >= 11 is 0. The number of nitro groups is 1. The Hall–Kier alpha value is -2.11. The maximum absolute atomic E-state index is 11.9. The van der Waals surface area contributed by atoms with Crippen molar-refractivity contribution >= 4 is 11.8 Å². The first-order valence-electron chi connectivity index (χ1n) is 7.69. The highest BCUT2D eigenvalue weighted by atomic mass is 16.7. The predicted octanol–water partition coefficient (Wildman–Crippen LogP) is 4.72. The van der Waals surface area contributed by atoms with Gasteiger partial charge in [-0.05, 0) is 42.2 Å². The summed E-state index contributed by atoms with van der Waals surface area (Å²) < 4.78 is 10.6. The molecule has 1 fully saturated rings. The Kier molecular flexibility index (Phi) is 4.63. The number of nitro benzene ring substituents is 1. The van der Waals surface area contributed by atoms with Crippen LogP contribution in [0.4, 0.5) is 10.5 Å². The maximum Gasteiger partial charge on any atom is 0.514 e. The molecule has 23 heavy (non-hydrogen) atoms. The van der Waals surface area contributed by atoms with Crippen LogP contribution >= 0.6 is 0 Å². The van der Waals surface area contributed by atoms with Crippen molar-refractivity contribution in [3.8, 4) is 5.75 Å². The first-order chi connectivity index (χ1) is 10.6. The Bertz CT molecular complexity index is 576. The van der Waals surface area contributed by atoms with E-state index in [1.807, 2.05) is 0 Å². The van der Waals surface area contributed by atoms with E-state index in [0.717, 1.165) is 19.3 Å². The van der Waals surface area contributed by atoms with Gasteiger partial charge < -0.3 is 9.47 Å².